The second kappa shape index (κ2) is 11.0. The minimum absolute atomic E-state index is 0.0196. The summed E-state index contributed by atoms with van der Waals surface area (Å²) in [7, 11) is -2.47. The summed E-state index contributed by atoms with van der Waals surface area (Å²) >= 11 is 5.97. The molecule has 0 aliphatic carbocycles. The smallest absolute Gasteiger partial charge is 0.264 e. The number of halogens is 1. The zero-order valence-corrected chi connectivity index (χ0v) is 19.6. The lowest BCUT2D eigenvalue weighted by molar-refractivity contribution is -0.120. The van der Waals surface area contributed by atoms with Gasteiger partial charge in [0.25, 0.3) is 15.9 Å². The van der Waals surface area contributed by atoms with Crippen molar-refractivity contribution in [2.75, 3.05) is 24.4 Å². The van der Waals surface area contributed by atoms with Crippen molar-refractivity contribution in [3.05, 3.63) is 95.0 Å². The van der Waals surface area contributed by atoms with Crippen LogP contribution in [0.15, 0.2) is 83.8 Å². The number of sulfonamides is 1. The van der Waals surface area contributed by atoms with Crippen LogP contribution < -0.4 is 14.9 Å². The second-order valence-electron chi connectivity index (χ2n) is 7.25. The first-order chi connectivity index (χ1) is 15.8. The summed E-state index contributed by atoms with van der Waals surface area (Å²) in [6, 6.07) is 21.6. The molecule has 9 heteroatoms. The summed E-state index contributed by atoms with van der Waals surface area (Å²) in [5.41, 5.74) is 1.51. The topological polar surface area (TPSA) is 95.6 Å². The number of nitrogens with one attached hydrogen (secondary N) is 2. The van der Waals surface area contributed by atoms with Gasteiger partial charge in [-0.05, 0) is 42.0 Å². The SMILES string of the molecule is CN(c1cccc(Cl)c1)S(=O)(=O)c1cccc(C(=O)NCCNC(=O)Cc2ccccc2)c1. The van der Waals surface area contributed by atoms with Gasteiger partial charge in [0.1, 0.15) is 0 Å². The van der Waals surface area contributed by atoms with E-state index in [-0.39, 0.29) is 35.9 Å². The summed E-state index contributed by atoms with van der Waals surface area (Å²) in [4.78, 5) is 24.5. The van der Waals surface area contributed by atoms with E-state index in [1.165, 1.54) is 31.3 Å². The molecule has 0 radical (unpaired) electrons. The molecule has 2 amide bonds. The van der Waals surface area contributed by atoms with Crippen LogP contribution in [0.2, 0.25) is 5.02 Å². The fourth-order valence-corrected chi connectivity index (χ4v) is 4.51. The van der Waals surface area contributed by atoms with E-state index >= 15 is 0 Å². The first-order valence-electron chi connectivity index (χ1n) is 10.2. The summed E-state index contributed by atoms with van der Waals surface area (Å²) < 4.78 is 27.1. The van der Waals surface area contributed by atoms with E-state index in [9.17, 15) is 18.0 Å². The zero-order chi connectivity index (χ0) is 23.8. The second-order valence-corrected chi connectivity index (χ2v) is 9.65. The molecule has 0 saturated carbocycles. The fourth-order valence-electron chi connectivity index (χ4n) is 3.09. The Labute approximate surface area is 198 Å². The molecule has 0 saturated heterocycles. The van der Waals surface area contributed by atoms with Crippen LogP contribution >= 0.6 is 11.6 Å². The lowest BCUT2D eigenvalue weighted by Crippen LogP contribution is -2.35. The number of benzene rings is 3. The molecule has 33 heavy (non-hydrogen) atoms. The molecule has 3 aromatic rings. The molecule has 0 atom stereocenters. The normalized spacial score (nSPS) is 11.0. The predicted molar refractivity (Wildman–Crippen MR) is 129 cm³/mol. The lowest BCUT2D eigenvalue weighted by atomic mass is 10.1. The van der Waals surface area contributed by atoms with Crippen molar-refractivity contribution >= 4 is 39.1 Å². The van der Waals surface area contributed by atoms with Gasteiger partial charge in [-0.25, -0.2) is 8.42 Å². The molecular formula is C24H24ClN3O4S. The fraction of sp³-hybridized carbons (Fsp3) is 0.167. The van der Waals surface area contributed by atoms with Gasteiger partial charge in [0.05, 0.1) is 17.0 Å². The summed E-state index contributed by atoms with van der Waals surface area (Å²) in [6.07, 6.45) is 0.259. The van der Waals surface area contributed by atoms with Crippen molar-refractivity contribution in [1.29, 1.82) is 0 Å². The number of amides is 2. The van der Waals surface area contributed by atoms with Crippen LogP contribution in [0.3, 0.4) is 0 Å². The van der Waals surface area contributed by atoms with Crippen molar-refractivity contribution in [2.45, 2.75) is 11.3 Å². The standard InChI is InChI=1S/C24H24ClN3O4S/c1-28(21-11-6-10-20(25)17-21)33(31,32)22-12-5-9-19(16-22)24(30)27-14-13-26-23(29)15-18-7-3-2-4-8-18/h2-12,16-17H,13-15H2,1H3,(H,26,29)(H,27,30). The van der Waals surface area contributed by atoms with Gasteiger partial charge >= 0.3 is 0 Å². The van der Waals surface area contributed by atoms with E-state index in [4.69, 9.17) is 11.6 Å². The van der Waals surface area contributed by atoms with E-state index in [1.807, 2.05) is 30.3 Å². The van der Waals surface area contributed by atoms with Gasteiger partial charge in [-0.3, -0.25) is 13.9 Å². The minimum Gasteiger partial charge on any atom is -0.354 e. The van der Waals surface area contributed by atoms with Crippen molar-refractivity contribution in [3.8, 4) is 0 Å². The van der Waals surface area contributed by atoms with E-state index < -0.39 is 15.9 Å². The number of carbonyl (C=O) groups is 2. The van der Waals surface area contributed by atoms with Crippen molar-refractivity contribution in [3.63, 3.8) is 0 Å². The molecule has 0 bridgehead atoms. The van der Waals surface area contributed by atoms with Gasteiger partial charge in [-0.2, -0.15) is 0 Å². The molecule has 3 rings (SSSR count). The monoisotopic (exact) mass is 485 g/mol. The Morgan fingerprint density at radius 2 is 1.58 bits per heavy atom. The molecule has 3 aromatic carbocycles. The summed E-state index contributed by atoms with van der Waals surface area (Å²) in [5.74, 6) is -0.581. The Morgan fingerprint density at radius 1 is 0.879 bits per heavy atom. The molecule has 0 aliphatic rings. The maximum absolute atomic E-state index is 13.0. The van der Waals surface area contributed by atoms with Gasteiger partial charge < -0.3 is 10.6 Å². The highest BCUT2D eigenvalue weighted by molar-refractivity contribution is 7.92. The first kappa shape index (κ1) is 24.3. The van der Waals surface area contributed by atoms with Crippen LogP contribution in [0, 0.1) is 0 Å². The van der Waals surface area contributed by atoms with Gasteiger partial charge in [0, 0.05) is 30.7 Å². The van der Waals surface area contributed by atoms with Gasteiger partial charge in [0.2, 0.25) is 5.91 Å². The van der Waals surface area contributed by atoms with Crippen LogP contribution in [-0.2, 0) is 21.2 Å². The third-order valence-electron chi connectivity index (χ3n) is 4.87. The molecule has 2 N–H and O–H groups in total. The first-order valence-corrected chi connectivity index (χ1v) is 12.0. The molecular weight excluding hydrogens is 462 g/mol. The summed E-state index contributed by atoms with van der Waals surface area (Å²) in [5, 5.41) is 5.85. The maximum atomic E-state index is 13.0. The molecule has 0 unspecified atom stereocenters. The van der Waals surface area contributed by atoms with E-state index in [1.54, 1.807) is 24.3 Å². The molecule has 0 fully saturated rings. The molecule has 0 aromatic heterocycles. The van der Waals surface area contributed by atoms with Crippen LogP contribution in [0.1, 0.15) is 15.9 Å². The number of anilines is 1. The van der Waals surface area contributed by atoms with Crippen LogP contribution in [0.5, 0.6) is 0 Å². The maximum Gasteiger partial charge on any atom is 0.264 e. The number of hydrogen-bond acceptors (Lipinski definition) is 4. The Bertz CT molecular complexity index is 1230. The van der Waals surface area contributed by atoms with Gasteiger partial charge in [0.15, 0.2) is 0 Å². The largest absolute Gasteiger partial charge is 0.354 e. The number of nitrogens with zero attached hydrogens (tertiary/aromatic N) is 1. The average Bonchev–Trinajstić information content (AvgIpc) is 2.82. The average molecular weight is 486 g/mol. The quantitative estimate of drug-likeness (QED) is 0.455. The Morgan fingerprint density at radius 3 is 2.30 bits per heavy atom. The molecule has 0 heterocycles. The third kappa shape index (κ3) is 6.57. The Kier molecular flexibility index (Phi) is 8.08. The molecule has 172 valence electrons. The van der Waals surface area contributed by atoms with E-state index in [0.717, 1.165) is 9.87 Å². The predicted octanol–water partition coefficient (Wildman–Crippen LogP) is 3.25. The van der Waals surface area contributed by atoms with Gasteiger partial charge in [-0.15, -0.1) is 0 Å². The van der Waals surface area contributed by atoms with E-state index in [2.05, 4.69) is 10.6 Å². The highest BCUT2D eigenvalue weighted by atomic mass is 35.5. The van der Waals surface area contributed by atoms with Crippen molar-refractivity contribution in [1.82, 2.24) is 10.6 Å². The van der Waals surface area contributed by atoms with Crippen LogP contribution in [-0.4, -0.2) is 40.4 Å². The Balaban J connectivity index is 1.57. The lowest BCUT2D eigenvalue weighted by Gasteiger charge is -2.20. The third-order valence-corrected chi connectivity index (χ3v) is 6.88. The number of rotatable bonds is 9. The van der Waals surface area contributed by atoms with Crippen molar-refractivity contribution in [2.24, 2.45) is 0 Å². The summed E-state index contributed by atoms with van der Waals surface area (Å²) in [6.45, 7) is 0.464. The zero-order valence-electron chi connectivity index (χ0n) is 18.0. The highest BCUT2D eigenvalue weighted by Crippen LogP contribution is 2.25. The minimum atomic E-state index is -3.89. The molecule has 0 spiro atoms. The van der Waals surface area contributed by atoms with Gasteiger partial charge in [-0.1, -0.05) is 54.1 Å². The van der Waals surface area contributed by atoms with Crippen LogP contribution in [0.4, 0.5) is 5.69 Å². The molecule has 0 aliphatic heterocycles. The highest BCUT2D eigenvalue weighted by Gasteiger charge is 2.22. The Hall–Kier alpha value is -3.36. The molecule has 7 nitrogen and oxygen atoms in total. The number of hydrogen-bond donors (Lipinski definition) is 2. The van der Waals surface area contributed by atoms with Crippen LogP contribution in [0.25, 0.3) is 0 Å². The van der Waals surface area contributed by atoms with E-state index in [0.29, 0.717) is 10.7 Å². The van der Waals surface area contributed by atoms with Crippen molar-refractivity contribution < 1.29 is 18.0 Å². The number of carbonyl (C=O) groups excluding carboxylic acids is 2.